The number of hydrogen-bond donors (Lipinski definition) is 1. The molecule has 0 unspecified atom stereocenters. The van der Waals surface area contributed by atoms with E-state index in [1.807, 2.05) is 6.92 Å². The predicted octanol–water partition coefficient (Wildman–Crippen LogP) is 3.29. The second-order valence-corrected chi connectivity index (χ2v) is 4.63. The van der Waals surface area contributed by atoms with Crippen molar-refractivity contribution in [3.05, 3.63) is 23.8 Å². The van der Waals surface area contributed by atoms with Gasteiger partial charge in [-0.25, -0.2) is 0 Å². The van der Waals surface area contributed by atoms with Gasteiger partial charge < -0.3 is 5.32 Å². The molecular weight excluding hydrogens is 158 g/mol. The van der Waals surface area contributed by atoms with E-state index in [1.165, 1.54) is 5.57 Å². The highest BCUT2D eigenvalue weighted by atomic mass is 14.9. The summed E-state index contributed by atoms with van der Waals surface area (Å²) in [6.07, 6.45) is 3.32. The lowest BCUT2D eigenvalue weighted by Gasteiger charge is -2.19. The van der Waals surface area contributed by atoms with Crippen molar-refractivity contribution in [2.24, 2.45) is 0 Å². The van der Waals surface area contributed by atoms with Crippen LogP contribution in [-0.4, -0.2) is 12.1 Å². The maximum atomic E-state index is 3.89. The van der Waals surface area contributed by atoms with Gasteiger partial charge in [-0.3, -0.25) is 0 Å². The van der Waals surface area contributed by atoms with Crippen LogP contribution in [0.1, 0.15) is 41.0 Å². The first-order valence-electron chi connectivity index (χ1n) is 4.90. The predicted molar refractivity (Wildman–Crippen MR) is 60.9 cm³/mol. The van der Waals surface area contributed by atoms with E-state index in [1.54, 1.807) is 0 Å². The molecule has 0 aliphatic heterocycles. The van der Waals surface area contributed by atoms with Gasteiger partial charge in [0.05, 0.1) is 0 Å². The van der Waals surface area contributed by atoms with Gasteiger partial charge in [0, 0.05) is 5.54 Å². The molecule has 0 spiro atoms. The molecule has 13 heavy (non-hydrogen) atoms. The van der Waals surface area contributed by atoms with Gasteiger partial charge in [0.25, 0.3) is 0 Å². The van der Waals surface area contributed by atoms with E-state index in [0.29, 0.717) is 0 Å². The van der Waals surface area contributed by atoms with Crippen LogP contribution < -0.4 is 5.32 Å². The highest BCUT2D eigenvalue weighted by Crippen LogP contribution is 2.06. The number of nitrogens with one attached hydrogen (secondary N) is 1. The number of hydrogen-bond acceptors (Lipinski definition) is 1. The molecule has 1 N–H and O–H groups in total. The molecule has 0 heterocycles. The van der Waals surface area contributed by atoms with Crippen LogP contribution in [0.2, 0.25) is 0 Å². The second-order valence-electron chi connectivity index (χ2n) is 4.63. The molecule has 0 rings (SSSR count). The van der Waals surface area contributed by atoms with Crippen molar-refractivity contribution >= 4 is 0 Å². The minimum atomic E-state index is 0.227. The quantitative estimate of drug-likeness (QED) is 0.518. The lowest BCUT2D eigenvalue weighted by atomic mass is 10.1. The summed E-state index contributed by atoms with van der Waals surface area (Å²) in [7, 11) is 0. The SMILES string of the molecule is C=C(C)C(C)=CCCNC(C)(C)C. The van der Waals surface area contributed by atoms with Gasteiger partial charge in [-0.05, 0) is 47.6 Å². The van der Waals surface area contributed by atoms with Crippen LogP contribution in [-0.2, 0) is 0 Å². The summed E-state index contributed by atoms with van der Waals surface area (Å²) in [6, 6.07) is 0. The third-order valence-electron chi connectivity index (χ3n) is 1.92. The highest BCUT2D eigenvalue weighted by Gasteiger charge is 2.06. The summed E-state index contributed by atoms with van der Waals surface area (Å²) < 4.78 is 0. The molecule has 0 bridgehead atoms. The zero-order chi connectivity index (χ0) is 10.5. The average Bonchev–Trinajstić information content (AvgIpc) is 1.95. The Bertz CT molecular complexity index is 194. The Morgan fingerprint density at radius 3 is 2.23 bits per heavy atom. The first-order valence-corrected chi connectivity index (χ1v) is 4.90. The van der Waals surface area contributed by atoms with Gasteiger partial charge in [0.15, 0.2) is 0 Å². The summed E-state index contributed by atoms with van der Waals surface area (Å²) in [5, 5.41) is 3.44. The van der Waals surface area contributed by atoms with Crippen LogP contribution >= 0.6 is 0 Å². The molecule has 0 aromatic rings. The summed E-state index contributed by atoms with van der Waals surface area (Å²) in [5.41, 5.74) is 2.69. The van der Waals surface area contributed by atoms with Gasteiger partial charge in [0.1, 0.15) is 0 Å². The molecule has 0 amide bonds. The molecule has 0 aliphatic rings. The van der Waals surface area contributed by atoms with Crippen LogP contribution in [0.5, 0.6) is 0 Å². The van der Waals surface area contributed by atoms with Crippen molar-refractivity contribution in [3.63, 3.8) is 0 Å². The summed E-state index contributed by atoms with van der Waals surface area (Å²) in [4.78, 5) is 0. The Hall–Kier alpha value is -0.560. The molecule has 0 saturated carbocycles. The highest BCUT2D eigenvalue weighted by molar-refractivity contribution is 5.23. The molecule has 0 radical (unpaired) electrons. The van der Waals surface area contributed by atoms with Crippen molar-refractivity contribution in [1.82, 2.24) is 5.32 Å². The Morgan fingerprint density at radius 2 is 1.85 bits per heavy atom. The van der Waals surface area contributed by atoms with Crippen molar-refractivity contribution in [2.75, 3.05) is 6.54 Å². The summed E-state index contributed by atoms with van der Waals surface area (Å²) >= 11 is 0. The van der Waals surface area contributed by atoms with E-state index >= 15 is 0 Å². The summed E-state index contributed by atoms with van der Waals surface area (Å²) in [5.74, 6) is 0. The van der Waals surface area contributed by atoms with Crippen molar-refractivity contribution in [3.8, 4) is 0 Å². The van der Waals surface area contributed by atoms with Gasteiger partial charge in [-0.2, -0.15) is 0 Å². The molecule has 76 valence electrons. The molecule has 1 nitrogen and oxygen atoms in total. The molecule has 0 fully saturated rings. The molecule has 0 aromatic carbocycles. The van der Waals surface area contributed by atoms with Crippen molar-refractivity contribution in [1.29, 1.82) is 0 Å². The Kier molecular flexibility index (Phi) is 5.01. The van der Waals surface area contributed by atoms with Gasteiger partial charge in [-0.15, -0.1) is 0 Å². The van der Waals surface area contributed by atoms with Crippen molar-refractivity contribution < 1.29 is 0 Å². The lowest BCUT2D eigenvalue weighted by molar-refractivity contribution is 0.431. The van der Waals surface area contributed by atoms with Gasteiger partial charge >= 0.3 is 0 Å². The fourth-order valence-electron chi connectivity index (χ4n) is 0.910. The average molecular weight is 181 g/mol. The largest absolute Gasteiger partial charge is 0.312 e. The second kappa shape index (κ2) is 5.23. The topological polar surface area (TPSA) is 12.0 Å². The Balaban J connectivity index is 3.68. The monoisotopic (exact) mass is 181 g/mol. The van der Waals surface area contributed by atoms with Crippen molar-refractivity contribution in [2.45, 2.75) is 46.6 Å². The maximum absolute atomic E-state index is 3.89. The minimum absolute atomic E-state index is 0.227. The molecular formula is C12H23N. The first kappa shape index (κ1) is 12.4. The fourth-order valence-corrected chi connectivity index (χ4v) is 0.910. The third kappa shape index (κ3) is 7.79. The molecule has 0 aromatic heterocycles. The van der Waals surface area contributed by atoms with Gasteiger partial charge in [0.2, 0.25) is 0 Å². The molecule has 0 aliphatic carbocycles. The maximum Gasteiger partial charge on any atom is 0.00966 e. The standard InChI is InChI=1S/C12H23N/c1-10(2)11(3)8-7-9-13-12(4,5)6/h8,13H,1,7,9H2,2-6H3. The van der Waals surface area contributed by atoms with Crippen LogP contribution in [0.4, 0.5) is 0 Å². The molecule has 0 atom stereocenters. The third-order valence-corrected chi connectivity index (χ3v) is 1.92. The van der Waals surface area contributed by atoms with Crippen LogP contribution in [0.3, 0.4) is 0 Å². The van der Waals surface area contributed by atoms with E-state index in [-0.39, 0.29) is 5.54 Å². The zero-order valence-electron chi connectivity index (χ0n) is 9.70. The smallest absolute Gasteiger partial charge is 0.00966 e. The van der Waals surface area contributed by atoms with E-state index in [4.69, 9.17) is 0 Å². The fraction of sp³-hybridized carbons (Fsp3) is 0.667. The number of allylic oxidation sites excluding steroid dienone is 2. The van der Waals surface area contributed by atoms with E-state index in [9.17, 15) is 0 Å². The van der Waals surface area contributed by atoms with Gasteiger partial charge in [-0.1, -0.05) is 23.8 Å². The minimum Gasteiger partial charge on any atom is -0.312 e. The van der Waals surface area contributed by atoms with E-state index in [2.05, 4.69) is 45.7 Å². The first-order chi connectivity index (χ1) is 5.83. The molecule has 1 heteroatoms. The Labute approximate surface area is 82.9 Å². The summed E-state index contributed by atoms with van der Waals surface area (Å²) in [6.45, 7) is 15.6. The number of rotatable bonds is 4. The molecule has 0 saturated heterocycles. The Morgan fingerprint density at radius 1 is 1.31 bits per heavy atom. The lowest BCUT2D eigenvalue weighted by Crippen LogP contribution is -2.36. The van der Waals surface area contributed by atoms with E-state index in [0.717, 1.165) is 18.5 Å². The normalized spacial score (nSPS) is 13.2. The zero-order valence-corrected chi connectivity index (χ0v) is 9.70. The van der Waals surface area contributed by atoms with Crippen LogP contribution in [0.15, 0.2) is 23.8 Å². The van der Waals surface area contributed by atoms with E-state index < -0.39 is 0 Å². The van der Waals surface area contributed by atoms with Crippen LogP contribution in [0, 0.1) is 0 Å². The van der Waals surface area contributed by atoms with Crippen LogP contribution in [0.25, 0.3) is 0 Å².